The highest BCUT2D eigenvalue weighted by molar-refractivity contribution is 5.79. The van der Waals surface area contributed by atoms with Crippen LogP contribution in [0.25, 0.3) is 11.1 Å². The molecule has 1 aliphatic rings. The molecule has 1 heterocycles. The van der Waals surface area contributed by atoms with Gasteiger partial charge in [-0.1, -0.05) is 55.5 Å². The summed E-state index contributed by atoms with van der Waals surface area (Å²) >= 11 is 0. The van der Waals surface area contributed by atoms with Gasteiger partial charge in [0.15, 0.2) is 0 Å². The predicted molar refractivity (Wildman–Crippen MR) is 83.2 cm³/mol. The van der Waals surface area contributed by atoms with Gasteiger partial charge in [-0.25, -0.2) is 0 Å². The van der Waals surface area contributed by atoms with Crippen LogP contribution in [-0.2, 0) is 6.42 Å². The molecule has 0 aliphatic heterocycles. The van der Waals surface area contributed by atoms with Crippen molar-refractivity contribution in [3.63, 3.8) is 0 Å². The minimum atomic E-state index is 0.380. The summed E-state index contributed by atoms with van der Waals surface area (Å²) in [6, 6.07) is 7.87. The maximum atomic E-state index is 6.02. The van der Waals surface area contributed by atoms with Crippen molar-refractivity contribution in [3.05, 3.63) is 30.0 Å². The molecule has 2 N–H and O–H groups in total. The number of ether oxygens (including phenoxy) is 1. The van der Waals surface area contributed by atoms with Crippen LogP contribution in [-0.4, -0.2) is 12.3 Å². The van der Waals surface area contributed by atoms with E-state index in [9.17, 15) is 0 Å². The summed E-state index contributed by atoms with van der Waals surface area (Å²) < 4.78 is 10.7. The summed E-state index contributed by atoms with van der Waals surface area (Å²) in [5, 5.41) is 4.21. The molecule has 0 amide bonds. The van der Waals surface area contributed by atoms with Gasteiger partial charge in [0.05, 0.1) is 18.4 Å². The van der Waals surface area contributed by atoms with Crippen molar-refractivity contribution >= 4 is 5.88 Å². The summed E-state index contributed by atoms with van der Waals surface area (Å²) in [4.78, 5) is 0. The number of hydrogen-bond donors (Lipinski definition) is 1. The number of para-hydroxylation sites is 1. The van der Waals surface area contributed by atoms with Gasteiger partial charge in [-0.3, -0.25) is 0 Å². The standard InChI is InChI=1S/C17H22N2O2/c1-20-15-10-6-5-9-13(15)16-14(19-21-17(16)18)11-12-7-3-2-4-8-12/h5-6,9-10,12H,2-4,7-8,11,18H2,1H3. The number of nitrogens with two attached hydrogens (primary N) is 1. The average molecular weight is 286 g/mol. The third-order valence-corrected chi connectivity index (χ3v) is 4.37. The van der Waals surface area contributed by atoms with Crippen LogP contribution in [0.4, 0.5) is 5.88 Å². The van der Waals surface area contributed by atoms with Gasteiger partial charge in [0, 0.05) is 5.56 Å². The van der Waals surface area contributed by atoms with E-state index in [1.165, 1.54) is 32.1 Å². The Bertz CT molecular complexity index is 601. The van der Waals surface area contributed by atoms with Crippen molar-refractivity contribution in [1.82, 2.24) is 5.16 Å². The Kier molecular flexibility index (Phi) is 4.13. The zero-order valence-corrected chi connectivity index (χ0v) is 12.5. The van der Waals surface area contributed by atoms with E-state index in [0.717, 1.165) is 29.0 Å². The fourth-order valence-corrected chi connectivity index (χ4v) is 3.28. The number of rotatable bonds is 4. The SMILES string of the molecule is COc1ccccc1-c1c(CC2CCCCC2)noc1N. The molecule has 0 bridgehead atoms. The molecule has 0 atom stereocenters. The highest BCUT2D eigenvalue weighted by atomic mass is 16.5. The van der Waals surface area contributed by atoms with Gasteiger partial charge in [0.25, 0.3) is 0 Å². The second-order valence-corrected chi connectivity index (χ2v) is 5.78. The van der Waals surface area contributed by atoms with Crippen molar-refractivity contribution in [2.45, 2.75) is 38.5 Å². The van der Waals surface area contributed by atoms with Crippen molar-refractivity contribution in [1.29, 1.82) is 0 Å². The number of hydrogen-bond acceptors (Lipinski definition) is 4. The molecule has 1 aliphatic carbocycles. The lowest BCUT2D eigenvalue weighted by atomic mass is 9.85. The number of benzene rings is 1. The van der Waals surface area contributed by atoms with Crippen LogP contribution >= 0.6 is 0 Å². The quantitative estimate of drug-likeness (QED) is 0.920. The van der Waals surface area contributed by atoms with Gasteiger partial charge in [-0.2, -0.15) is 0 Å². The maximum absolute atomic E-state index is 6.02. The van der Waals surface area contributed by atoms with Crippen LogP contribution in [0, 0.1) is 5.92 Å². The lowest BCUT2D eigenvalue weighted by molar-refractivity contribution is 0.345. The fourth-order valence-electron chi connectivity index (χ4n) is 3.28. The van der Waals surface area contributed by atoms with Crippen molar-refractivity contribution in [3.8, 4) is 16.9 Å². The first-order valence-electron chi connectivity index (χ1n) is 7.67. The first-order chi connectivity index (χ1) is 10.3. The minimum Gasteiger partial charge on any atom is -0.496 e. The number of nitrogens with zero attached hydrogens (tertiary/aromatic N) is 1. The zero-order chi connectivity index (χ0) is 14.7. The van der Waals surface area contributed by atoms with Crippen molar-refractivity contribution in [2.24, 2.45) is 5.92 Å². The Hall–Kier alpha value is -1.97. The molecule has 0 saturated heterocycles. The zero-order valence-electron chi connectivity index (χ0n) is 12.5. The molecule has 1 fully saturated rings. The molecule has 21 heavy (non-hydrogen) atoms. The smallest absolute Gasteiger partial charge is 0.230 e. The fraction of sp³-hybridized carbons (Fsp3) is 0.471. The minimum absolute atomic E-state index is 0.380. The summed E-state index contributed by atoms with van der Waals surface area (Å²) in [5.74, 6) is 1.87. The number of methoxy groups -OCH3 is 1. The normalized spacial score (nSPS) is 16.0. The Morgan fingerprint density at radius 1 is 1.24 bits per heavy atom. The molecular formula is C17H22N2O2. The van der Waals surface area contributed by atoms with Gasteiger partial charge in [0.2, 0.25) is 5.88 Å². The van der Waals surface area contributed by atoms with E-state index < -0.39 is 0 Å². The molecule has 1 saturated carbocycles. The van der Waals surface area contributed by atoms with Crippen LogP contribution in [0.3, 0.4) is 0 Å². The summed E-state index contributed by atoms with van der Waals surface area (Å²) in [5.41, 5.74) is 8.84. The van der Waals surface area contributed by atoms with Crippen LogP contribution in [0.2, 0.25) is 0 Å². The Morgan fingerprint density at radius 2 is 2.00 bits per heavy atom. The van der Waals surface area contributed by atoms with Crippen LogP contribution in [0.1, 0.15) is 37.8 Å². The van der Waals surface area contributed by atoms with E-state index in [0.29, 0.717) is 11.8 Å². The van der Waals surface area contributed by atoms with E-state index in [4.69, 9.17) is 15.0 Å². The van der Waals surface area contributed by atoms with E-state index in [-0.39, 0.29) is 0 Å². The third-order valence-electron chi connectivity index (χ3n) is 4.37. The van der Waals surface area contributed by atoms with Gasteiger partial charge >= 0.3 is 0 Å². The highest BCUT2D eigenvalue weighted by Crippen LogP contribution is 2.38. The second kappa shape index (κ2) is 6.20. The molecule has 112 valence electrons. The number of nitrogen functional groups attached to an aromatic ring is 1. The van der Waals surface area contributed by atoms with E-state index >= 15 is 0 Å². The molecule has 0 spiro atoms. The third kappa shape index (κ3) is 2.89. The highest BCUT2D eigenvalue weighted by Gasteiger charge is 2.22. The summed E-state index contributed by atoms with van der Waals surface area (Å²) in [7, 11) is 1.67. The number of anilines is 1. The van der Waals surface area contributed by atoms with Crippen LogP contribution in [0.15, 0.2) is 28.8 Å². The Morgan fingerprint density at radius 3 is 2.76 bits per heavy atom. The topological polar surface area (TPSA) is 61.3 Å². The number of aromatic nitrogens is 1. The van der Waals surface area contributed by atoms with E-state index in [2.05, 4.69) is 5.16 Å². The molecule has 0 unspecified atom stereocenters. The first kappa shape index (κ1) is 14.0. The monoisotopic (exact) mass is 286 g/mol. The lowest BCUT2D eigenvalue weighted by Gasteiger charge is -2.20. The first-order valence-corrected chi connectivity index (χ1v) is 7.67. The molecule has 4 nitrogen and oxygen atoms in total. The van der Waals surface area contributed by atoms with Gasteiger partial charge in [-0.05, 0) is 18.4 Å². The second-order valence-electron chi connectivity index (χ2n) is 5.78. The van der Waals surface area contributed by atoms with Gasteiger partial charge in [0.1, 0.15) is 5.75 Å². The summed E-state index contributed by atoms with van der Waals surface area (Å²) in [6.45, 7) is 0. The molecule has 1 aromatic carbocycles. The molecule has 4 heteroatoms. The molecule has 2 aromatic rings. The molecular weight excluding hydrogens is 264 g/mol. The molecule has 1 aromatic heterocycles. The van der Waals surface area contributed by atoms with Crippen molar-refractivity contribution < 1.29 is 9.26 Å². The van der Waals surface area contributed by atoms with Crippen LogP contribution in [0.5, 0.6) is 5.75 Å². The maximum Gasteiger partial charge on any atom is 0.230 e. The van der Waals surface area contributed by atoms with E-state index in [1.54, 1.807) is 7.11 Å². The van der Waals surface area contributed by atoms with Gasteiger partial charge in [-0.15, -0.1) is 0 Å². The molecule has 0 radical (unpaired) electrons. The lowest BCUT2D eigenvalue weighted by Crippen LogP contribution is -2.10. The largest absolute Gasteiger partial charge is 0.496 e. The van der Waals surface area contributed by atoms with Crippen LogP contribution < -0.4 is 10.5 Å². The predicted octanol–water partition coefficient (Wildman–Crippen LogP) is 4.06. The van der Waals surface area contributed by atoms with Gasteiger partial charge < -0.3 is 15.0 Å². The van der Waals surface area contributed by atoms with Crippen molar-refractivity contribution in [2.75, 3.05) is 12.8 Å². The summed E-state index contributed by atoms with van der Waals surface area (Å²) in [6.07, 6.45) is 7.49. The average Bonchev–Trinajstić information content (AvgIpc) is 2.89. The molecule has 3 rings (SSSR count). The Labute approximate surface area is 125 Å². The van der Waals surface area contributed by atoms with E-state index in [1.807, 2.05) is 24.3 Å². The Balaban J connectivity index is 1.93.